The number of nitrogens with two attached hydrogens (primary N) is 1. The first kappa shape index (κ1) is 13.4. The molecule has 0 fully saturated rings. The lowest BCUT2D eigenvalue weighted by Gasteiger charge is -2.21. The Kier molecular flexibility index (Phi) is 4.23. The Balaban J connectivity index is 2.28. The molecular weight excluding hydrogens is 363 g/mol. The molecule has 0 amide bonds. The van der Waals surface area contributed by atoms with Gasteiger partial charge in [-0.15, -0.1) is 0 Å². The Bertz CT molecular complexity index is 541. The molecule has 0 atom stereocenters. The van der Waals surface area contributed by atoms with Gasteiger partial charge < -0.3 is 10.6 Å². The molecule has 0 bridgehead atoms. The van der Waals surface area contributed by atoms with Gasteiger partial charge in [0.25, 0.3) is 0 Å². The Morgan fingerprint density at radius 2 is 2.06 bits per heavy atom. The van der Waals surface area contributed by atoms with Crippen molar-refractivity contribution < 1.29 is 0 Å². The number of anilines is 2. The number of aromatic nitrogens is 2. The third-order valence-corrected chi connectivity index (χ3v) is 3.71. The standard InChI is InChI=1S/C12H12ClIN4/c1-18(6-8-4-2-3-5-9(8)13)10-11(14)16-7-17-12(10)15/h2-5,7H,6H2,1H3,(H2,15,16,17). The van der Waals surface area contributed by atoms with Crippen LogP contribution in [0.1, 0.15) is 5.56 Å². The highest BCUT2D eigenvalue weighted by Gasteiger charge is 2.13. The molecule has 0 aliphatic carbocycles. The first-order chi connectivity index (χ1) is 8.59. The topological polar surface area (TPSA) is 55.0 Å². The largest absolute Gasteiger partial charge is 0.382 e. The van der Waals surface area contributed by atoms with E-state index in [9.17, 15) is 0 Å². The van der Waals surface area contributed by atoms with Gasteiger partial charge in [-0.05, 0) is 34.2 Å². The molecule has 0 spiro atoms. The van der Waals surface area contributed by atoms with Gasteiger partial charge in [0.15, 0.2) is 5.82 Å². The van der Waals surface area contributed by atoms with Gasteiger partial charge >= 0.3 is 0 Å². The van der Waals surface area contributed by atoms with Gasteiger partial charge in [0.1, 0.15) is 15.7 Å². The molecule has 0 saturated heterocycles. The van der Waals surface area contributed by atoms with E-state index in [-0.39, 0.29) is 0 Å². The summed E-state index contributed by atoms with van der Waals surface area (Å²) >= 11 is 8.29. The van der Waals surface area contributed by atoms with Crippen LogP contribution < -0.4 is 10.6 Å². The van der Waals surface area contributed by atoms with Crippen molar-refractivity contribution in [3.8, 4) is 0 Å². The van der Waals surface area contributed by atoms with Crippen molar-refractivity contribution in [1.29, 1.82) is 0 Å². The Hall–Kier alpha value is -1.08. The zero-order valence-electron chi connectivity index (χ0n) is 9.77. The summed E-state index contributed by atoms with van der Waals surface area (Å²) in [7, 11) is 1.94. The Morgan fingerprint density at radius 1 is 1.33 bits per heavy atom. The lowest BCUT2D eigenvalue weighted by Crippen LogP contribution is -2.20. The number of benzene rings is 1. The van der Waals surface area contributed by atoms with E-state index in [4.69, 9.17) is 17.3 Å². The number of hydrogen-bond donors (Lipinski definition) is 1. The second kappa shape index (κ2) is 5.71. The molecule has 6 heteroatoms. The third kappa shape index (κ3) is 2.84. The van der Waals surface area contributed by atoms with Gasteiger partial charge in [-0.1, -0.05) is 29.8 Å². The fourth-order valence-corrected chi connectivity index (χ4v) is 2.69. The minimum absolute atomic E-state index is 0.476. The summed E-state index contributed by atoms with van der Waals surface area (Å²) in [5.74, 6) is 0.476. The van der Waals surface area contributed by atoms with Crippen molar-refractivity contribution in [2.75, 3.05) is 17.7 Å². The van der Waals surface area contributed by atoms with E-state index in [1.54, 1.807) is 0 Å². The van der Waals surface area contributed by atoms with Gasteiger partial charge in [0, 0.05) is 18.6 Å². The maximum Gasteiger partial charge on any atom is 0.151 e. The molecule has 94 valence electrons. The van der Waals surface area contributed by atoms with E-state index in [0.717, 1.165) is 20.0 Å². The van der Waals surface area contributed by atoms with Crippen molar-refractivity contribution in [3.05, 3.63) is 44.9 Å². The predicted molar refractivity (Wildman–Crippen MR) is 82.7 cm³/mol. The van der Waals surface area contributed by atoms with Crippen LogP contribution in [0.25, 0.3) is 0 Å². The summed E-state index contributed by atoms with van der Waals surface area (Å²) in [6.45, 7) is 0.660. The SMILES string of the molecule is CN(Cc1ccccc1Cl)c1c(N)ncnc1I. The van der Waals surface area contributed by atoms with E-state index in [2.05, 4.69) is 32.6 Å². The zero-order valence-corrected chi connectivity index (χ0v) is 12.7. The molecule has 0 radical (unpaired) electrons. The zero-order chi connectivity index (χ0) is 13.1. The number of nitrogen functional groups attached to an aromatic ring is 1. The average molecular weight is 375 g/mol. The number of rotatable bonds is 3. The van der Waals surface area contributed by atoms with Crippen LogP contribution in [0.4, 0.5) is 11.5 Å². The first-order valence-corrected chi connectivity index (χ1v) is 6.75. The van der Waals surface area contributed by atoms with Gasteiger partial charge in [-0.2, -0.15) is 0 Å². The molecule has 0 aliphatic rings. The monoisotopic (exact) mass is 374 g/mol. The summed E-state index contributed by atoms with van der Waals surface area (Å²) in [5.41, 5.74) is 7.76. The molecule has 18 heavy (non-hydrogen) atoms. The van der Waals surface area contributed by atoms with Gasteiger partial charge in [-0.25, -0.2) is 9.97 Å². The van der Waals surface area contributed by atoms with E-state index < -0.39 is 0 Å². The summed E-state index contributed by atoms with van der Waals surface area (Å²) in [6, 6.07) is 7.74. The van der Waals surface area contributed by atoms with Crippen LogP contribution in [0.5, 0.6) is 0 Å². The minimum atomic E-state index is 0.476. The van der Waals surface area contributed by atoms with Crippen molar-refractivity contribution in [1.82, 2.24) is 9.97 Å². The van der Waals surface area contributed by atoms with E-state index in [0.29, 0.717) is 12.4 Å². The summed E-state index contributed by atoms with van der Waals surface area (Å²) in [4.78, 5) is 10.2. The second-order valence-electron chi connectivity index (χ2n) is 3.85. The van der Waals surface area contributed by atoms with Crippen LogP contribution in [-0.4, -0.2) is 17.0 Å². The molecule has 4 nitrogen and oxygen atoms in total. The predicted octanol–water partition coefficient (Wildman–Crippen LogP) is 2.95. The highest BCUT2D eigenvalue weighted by atomic mass is 127. The lowest BCUT2D eigenvalue weighted by atomic mass is 10.2. The van der Waals surface area contributed by atoms with Gasteiger partial charge in [0.05, 0.1) is 0 Å². The quantitative estimate of drug-likeness (QED) is 0.663. The normalized spacial score (nSPS) is 10.4. The number of hydrogen-bond acceptors (Lipinski definition) is 4. The Morgan fingerprint density at radius 3 is 2.72 bits per heavy atom. The molecule has 2 N–H and O–H groups in total. The molecule has 1 aromatic heterocycles. The third-order valence-electron chi connectivity index (χ3n) is 2.55. The van der Waals surface area contributed by atoms with Crippen molar-refractivity contribution in [2.45, 2.75) is 6.54 Å². The fraction of sp³-hybridized carbons (Fsp3) is 0.167. The smallest absolute Gasteiger partial charge is 0.151 e. The number of nitrogens with zero attached hydrogens (tertiary/aromatic N) is 3. The first-order valence-electron chi connectivity index (χ1n) is 5.30. The minimum Gasteiger partial charge on any atom is -0.382 e. The summed E-state index contributed by atoms with van der Waals surface area (Å²) < 4.78 is 0.828. The van der Waals surface area contributed by atoms with Crippen LogP contribution in [0.15, 0.2) is 30.6 Å². The van der Waals surface area contributed by atoms with Crippen molar-refractivity contribution in [3.63, 3.8) is 0 Å². The Labute approximate surface area is 124 Å². The molecule has 0 aliphatic heterocycles. The van der Waals surface area contributed by atoms with Crippen molar-refractivity contribution >= 4 is 45.7 Å². The summed E-state index contributed by atoms with van der Waals surface area (Å²) in [6.07, 6.45) is 1.46. The lowest BCUT2D eigenvalue weighted by molar-refractivity contribution is 0.906. The van der Waals surface area contributed by atoms with E-state index >= 15 is 0 Å². The maximum absolute atomic E-state index is 6.14. The molecule has 1 aromatic carbocycles. The molecule has 0 saturated carbocycles. The van der Waals surface area contributed by atoms with Crippen LogP contribution in [-0.2, 0) is 6.54 Å². The van der Waals surface area contributed by atoms with E-state index in [1.807, 2.05) is 36.2 Å². The van der Waals surface area contributed by atoms with Gasteiger partial charge in [0.2, 0.25) is 0 Å². The fourth-order valence-electron chi connectivity index (χ4n) is 1.68. The molecule has 0 unspecified atom stereocenters. The van der Waals surface area contributed by atoms with Crippen molar-refractivity contribution in [2.24, 2.45) is 0 Å². The average Bonchev–Trinajstić information content (AvgIpc) is 2.32. The highest BCUT2D eigenvalue weighted by Crippen LogP contribution is 2.27. The van der Waals surface area contributed by atoms with Crippen LogP contribution >= 0.6 is 34.2 Å². The summed E-state index contributed by atoms with van der Waals surface area (Å²) in [5, 5.41) is 0.745. The molecular formula is C12H12ClIN4. The maximum atomic E-state index is 6.14. The van der Waals surface area contributed by atoms with Crippen LogP contribution in [0.3, 0.4) is 0 Å². The molecule has 2 rings (SSSR count). The molecule has 2 aromatic rings. The highest BCUT2D eigenvalue weighted by molar-refractivity contribution is 14.1. The molecule has 1 heterocycles. The second-order valence-corrected chi connectivity index (χ2v) is 5.27. The number of halogens is 2. The van der Waals surface area contributed by atoms with E-state index in [1.165, 1.54) is 6.33 Å². The van der Waals surface area contributed by atoms with Gasteiger partial charge in [-0.3, -0.25) is 0 Å². The van der Waals surface area contributed by atoms with Crippen LogP contribution in [0.2, 0.25) is 5.02 Å². The van der Waals surface area contributed by atoms with Crippen LogP contribution in [0, 0.1) is 3.70 Å².